The third-order valence-corrected chi connectivity index (χ3v) is 6.06. The third kappa shape index (κ3) is 5.43. The molecule has 0 fully saturated rings. The Morgan fingerprint density at radius 2 is 1.46 bits per heavy atom. The average Bonchev–Trinajstić information content (AvgIpc) is 3.17. The molecule has 1 aliphatic carbocycles. The number of aliphatic carboxylic acids is 1. The molecule has 0 aromatic heterocycles. The van der Waals surface area contributed by atoms with Crippen LogP contribution in [0.15, 0.2) is 72.8 Å². The molecule has 0 aliphatic heterocycles. The van der Waals surface area contributed by atoms with Gasteiger partial charge in [-0.05, 0) is 46.9 Å². The predicted molar refractivity (Wildman–Crippen MR) is 129 cm³/mol. The van der Waals surface area contributed by atoms with E-state index in [4.69, 9.17) is 9.84 Å². The lowest BCUT2D eigenvalue weighted by atomic mass is 9.98. The highest BCUT2D eigenvalue weighted by Gasteiger charge is 2.30. The van der Waals surface area contributed by atoms with Crippen LogP contribution in [0.25, 0.3) is 11.1 Å². The van der Waals surface area contributed by atoms with Crippen molar-refractivity contribution >= 4 is 18.0 Å². The Hall–Kier alpha value is -4.33. The van der Waals surface area contributed by atoms with Crippen molar-refractivity contribution < 1.29 is 29.3 Å². The van der Waals surface area contributed by atoms with E-state index in [1.807, 2.05) is 48.5 Å². The Morgan fingerprint density at radius 1 is 0.886 bits per heavy atom. The Balaban J connectivity index is 1.46. The van der Waals surface area contributed by atoms with Gasteiger partial charge >= 0.3 is 12.1 Å². The Morgan fingerprint density at radius 3 is 2.03 bits per heavy atom. The van der Waals surface area contributed by atoms with Gasteiger partial charge in [-0.25, -0.2) is 4.79 Å². The molecule has 0 spiro atoms. The Bertz CT molecular complexity index is 1190. The second-order valence-electron chi connectivity index (χ2n) is 8.46. The van der Waals surface area contributed by atoms with Gasteiger partial charge in [-0.2, -0.15) is 0 Å². The molecule has 35 heavy (non-hydrogen) atoms. The summed E-state index contributed by atoms with van der Waals surface area (Å²) in [5, 5.41) is 23.6. The highest BCUT2D eigenvalue weighted by atomic mass is 16.5. The largest absolute Gasteiger partial charge is 0.508 e. The summed E-state index contributed by atoms with van der Waals surface area (Å²) in [4.78, 5) is 36.7. The van der Waals surface area contributed by atoms with E-state index in [9.17, 15) is 19.5 Å². The minimum absolute atomic E-state index is 0.0683. The van der Waals surface area contributed by atoms with E-state index in [0.29, 0.717) is 5.56 Å². The number of carbonyl (C=O) groups excluding carboxylic acids is 2. The number of alkyl carbamates (subject to hydrolysis) is 1. The average molecular weight is 475 g/mol. The fourth-order valence-corrected chi connectivity index (χ4v) is 4.24. The third-order valence-electron chi connectivity index (χ3n) is 6.06. The van der Waals surface area contributed by atoms with E-state index in [1.165, 1.54) is 19.1 Å². The summed E-state index contributed by atoms with van der Waals surface area (Å²) in [6.07, 6.45) is -0.698. The standard InChI is InChI=1S/C27H26N2O6/c1-16(26(32)33)28-25(31)24(14-17-10-12-18(30)13-11-17)29-27(34)35-15-23-21-8-4-2-6-19(21)20-7-3-5-9-22(20)23/h2-13,16,23-24,30H,14-15H2,1H3,(H,28,31)(H,29,34)(H,32,33)/t16-,24-/m1/s1. The summed E-state index contributed by atoms with van der Waals surface area (Å²) < 4.78 is 5.54. The van der Waals surface area contributed by atoms with Gasteiger partial charge in [-0.3, -0.25) is 9.59 Å². The van der Waals surface area contributed by atoms with E-state index in [0.717, 1.165) is 22.3 Å². The lowest BCUT2D eigenvalue weighted by Crippen LogP contribution is -2.51. The molecule has 4 N–H and O–H groups in total. The van der Waals surface area contributed by atoms with Crippen LogP contribution in [0.1, 0.15) is 29.5 Å². The molecule has 0 radical (unpaired) electrons. The summed E-state index contributed by atoms with van der Waals surface area (Å²) in [6, 6.07) is 19.9. The number of fused-ring (bicyclic) bond motifs is 3. The number of amides is 2. The molecular formula is C27H26N2O6. The minimum Gasteiger partial charge on any atom is -0.508 e. The number of aromatic hydroxyl groups is 1. The fourth-order valence-electron chi connectivity index (χ4n) is 4.24. The number of phenolic OH excluding ortho intramolecular Hbond substituents is 1. The van der Waals surface area contributed by atoms with Crippen molar-refractivity contribution in [2.24, 2.45) is 0 Å². The van der Waals surface area contributed by atoms with Gasteiger partial charge < -0.3 is 25.6 Å². The number of hydrogen-bond donors (Lipinski definition) is 4. The van der Waals surface area contributed by atoms with E-state index in [-0.39, 0.29) is 24.7 Å². The molecule has 8 nitrogen and oxygen atoms in total. The van der Waals surface area contributed by atoms with Gasteiger partial charge in [0.15, 0.2) is 0 Å². The van der Waals surface area contributed by atoms with Gasteiger partial charge in [0.25, 0.3) is 0 Å². The molecule has 0 unspecified atom stereocenters. The van der Waals surface area contributed by atoms with Crippen molar-refractivity contribution in [2.75, 3.05) is 6.61 Å². The van der Waals surface area contributed by atoms with Gasteiger partial charge in [0.1, 0.15) is 24.4 Å². The van der Waals surface area contributed by atoms with Crippen molar-refractivity contribution in [1.82, 2.24) is 10.6 Å². The van der Waals surface area contributed by atoms with Gasteiger partial charge in [-0.1, -0.05) is 60.7 Å². The summed E-state index contributed by atoms with van der Waals surface area (Å²) >= 11 is 0. The smallest absolute Gasteiger partial charge is 0.407 e. The summed E-state index contributed by atoms with van der Waals surface area (Å²) in [5.41, 5.74) is 5.00. The first-order valence-corrected chi connectivity index (χ1v) is 11.3. The SMILES string of the molecule is C[C@@H](NC(=O)[C@@H](Cc1ccc(O)cc1)NC(=O)OCC1c2ccccc2-c2ccccc21)C(=O)O. The monoisotopic (exact) mass is 474 g/mol. The van der Waals surface area contributed by atoms with Crippen molar-refractivity contribution in [2.45, 2.75) is 31.3 Å². The van der Waals surface area contributed by atoms with Gasteiger partial charge in [-0.15, -0.1) is 0 Å². The quantitative estimate of drug-likeness (QED) is 0.396. The van der Waals surface area contributed by atoms with E-state index in [2.05, 4.69) is 10.6 Å². The lowest BCUT2D eigenvalue weighted by Gasteiger charge is -2.21. The van der Waals surface area contributed by atoms with Crippen molar-refractivity contribution in [1.29, 1.82) is 0 Å². The number of ether oxygens (including phenoxy) is 1. The zero-order valence-corrected chi connectivity index (χ0v) is 19.1. The zero-order chi connectivity index (χ0) is 24.9. The predicted octanol–water partition coefficient (Wildman–Crippen LogP) is 3.43. The summed E-state index contributed by atoms with van der Waals surface area (Å²) in [5.74, 6) is -1.91. The number of rotatable bonds is 8. The number of carboxylic acid groups (broad SMARTS) is 1. The molecule has 1 aliphatic rings. The van der Waals surface area contributed by atoms with E-state index >= 15 is 0 Å². The van der Waals surface area contributed by atoms with Crippen LogP contribution < -0.4 is 10.6 Å². The molecule has 3 aromatic carbocycles. The van der Waals surface area contributed by atoms with Crippen LogP contribution >= 0.6 is 0 Å². The molecule has 0 saturated carbocycles. The van der Waals surface area contributed by atoms with Crippen LogP contribution in [-0.4, -0.2) is 46.9 Å². The van der Waals surface area contributed by atoms with Crippen LogP contribution in [0.5, 0.6) is 5.75 Å². The molecule has 0 saturated heterocycles. The highest BCUT2D eigenvalue weighted by molar-refractivity contribution is 5.89. The van der Waals surface area contributed by atoms with Crippen LogP contribution in [0.4, 0.5) is 4.79 Å². The van der Waals surface area contributed by atoms with Crippen LogP contribution in [0.2, 0.25) is 0 Å². The normalized spacial score (nSPS) is 13.7. The Kier molecular flexibility index (Phi) is 7.01. The van der Waals surface area contributed by atoms with Gasteiger partial charge in [0, 0.05) is 12.3 Å². The van der Waals surface area contributed by atoms with E-state index < -0.39 is 30.1 Å². The maximum Gasteiger partial charge on any atom is 0.407 e. The zero-order valence-electron chi connectivity index (χ0n) is 19.1. The first-order chi connectivity index (χ1) is 16.8. The molecular weight excluding hydrogens is 448 g/mol. The van der Waals surface area contributed by atoms with Crippen molar-refractivity contribution in [3.63, 3.8) is 0 Å². The van der Waals surface area contributed by atoms with E-state index in [1.54, 1.807) is 12.1 Å². The molecule has 0 heterocycles. The van der Waals surface area contributed by atoms with Crippen LogP contribution in [0.3, 0.4) is 0 Å². The van der Waals surface area contributed by atoms with Crippen molar-refractivity contribution in [3.8, 4) is 16.9 Å². The van der Waals surface area contributed by atoms with Crippen molar-refractivity contribution in [3.05, 3.63) is 89.5 Å². The minimum atomic E-state index is -1.19. The number of phenols is 1. The summed E-state index contributed by atoms with van der Waals surface area (Å²) in [6.45, 7) is 1.42. The second kappa shape index (κ2) is 10.3. The summed E-state index contributed by atoms with van der Waals surface area (Å²) in [7, 11) is 0. The first kappa shape index (κ1) is 23.8. The second-order valence-corrected chi connectivity index (χ2v) is 8.46. The molecule has 3 aromatic rings. The molecule has 8 heteroatoms. The van der Waals surface area contributed by atoms with Gasteiger partial charge in [0.05, 0.1) is 0 Å². The number of nitrogens with one attached hydrogen (secondary N) is 2. The Labute approximate surface area is 202 Å². The maximum absolute atomic E-state index is 12.8. The maximum atomic E-state index is 12.8. The molecule has 2 amide bonds. The first-order valence-electron chi connectivity index (χ1n) is 11.3. The topological polar surface area (TPSA) is 125 Å². The number of carboxylic acids is 1. The molecule has 4 rings (SSSR count). The molecule has 180 valence electrons. The number of benzene rings is 3. The van der Waals surface area contributed by atoms with Crippen LogP contribution in [-0.2, 0) is 20.7 Å². The number of carbonyl (C=O) groups is 3. The fraction of sp³-hybridized carbons (Fsp3) is 0.222. The molecule has 0 bridgehead atoms. The number of hydrogen-bond acceptors (Lipinski definition) is 5. The highest BCUT2D eigenvalue weighted by Crippen LogP contribution is 2.44. The lowest BCUT2D eigenvalue weighted by molar-refractivity contribution is -0.141. The van der Waals surface area contributed by atoms with Gasteiger partial charge in [0.2, 0.25) is 5.91 Å². The molecule has 2 atom stereocenters. The van der Waals surface area contributed by atoms with Crippen LogP contribution in [0, 0.1) is 0 Å².